The summed E-state index contributed by atoms with van der Waals surface area (Å²) in [5, 5.41) is 7.78. The first kappa shape index (κ1) is 22.4. The topological polar surface area (TPSA) is 76.5 Å². The number of aromatic nitrogens is 2. The number of benzene rings is 2. The molecule has 8 heteroatoms. The number of hydrogen-bond acceptors (Lipinski definition) is 4. The molecule has 1 N–H and O–H groups in total. The minimum atomic E-state index is -0.809. The van der Waals surface area contributed by atoms with Crippen molar-refractivity contribution in [3.8, 4) is 11.4 Å². The van der Waals surface area contributed by atoms with E-state index in [1.807, 2.05) is 44.2 Å². The van der Waals surface area contributed by atoms with Gasteiger partial charge in [-0.25, -0.2) is 4.68 Å². The summed E-state index contributed by atoms with van der Waals surface area (Å²) in [4.78, 5) is 27.6. The summed E-state index contributed by atoms with van der Waals surface area (Å²) in [7, 11) is 0. The molecule has 0 aliphatic rings. The number of halogens is 1. The first-order chi connectivity index (χ1) is 14.9. The molecule has 2 aromatic carbocycles. The number of rotatable bonds is 8. The lowest BCUT2D eigenvalue weighted by molar-refractivity contribution is -0.122. The van der Waals surface area contributed by atoms with Crippen LogP contribution in [0.4, 0.5) is 5.82 Å². The van der Waals surface area contributed by atoms with Gasteiger partial charge in [0.05, 0.1) is 11.9 Å². The SMILES string of the molecule is CCN(CC)C(=O)c1cnn(-c2ccccc2)c1NC(=O)C(C)Oc1ccc(Cl)cc1. The van der Waals surface area contributed by atoms with Crippen molar-refractivity contribution >= 4 is 29.2 Å². The third-order valence-corrected chi connectivity index (χ3v) is 5.04. The molecule has 0 spiro atoms. The number of nitrogens with one attached hydrogen (secondary N) is 1. The van der Waals surface area contributed by atoms with Crippen molar-refractivity contribution in [3.05, 3.63) is 71.4 Å². The lowest BCUT2D eigenvalue weighted by Gasteiger charge is -2.20. The van der Waals surface area contributed by atoms with Crippen LogP contribution in [0, 0.1) is 0 Å². The van der Waals surface area contributed by atoms with Crippen molar-refractivity contribution in [2.45, 2.75) is 26.9 Å². The van der Waals surface area contributed by atoms with Gasteiger partial charge in [-0.1, -0.05) is 29.8 Å². The Balaban J connectivity index is 1.89. The number of carbonyl (C=O) groups excluding carboxylic acids is 2. The van der Waals surface area contributed by atoms with E-state index in [-0.39, 0.29) is 5.91 Å². The van der Waals surface area contributed by atoms with E-state index < -0.39 is 12.0 Å². The quantitative estimate of drug-likeness (QED) is 0.562. The van der Waals surface area contributed by atoms with Gasteiger partial charge in [-0.3, -0.25) is 9.59 Å². The summed E-state index contributed by atoms with van der Waals surface area (Å²) >= 11 is 5.90. The van der Waals surface area contributed by atoms with Gasteiger partial charge in [-0.15, -0.1) is 0 Å². The van der Waals surface area contributed by atoms with Crippen LogP contribution in [0.25, 0.3) is 5.69 Å². The van der Waals surface area contributed by atoms with Gasteiger partial charge in [0.25, 0.3) is 11.8 Å². The zero-order chi connectivity index (χ0) is 22.4. The maximum absolute atomic E-state index is 13.0. The Labute approximate surface area is 186 Å². The number of amides is 2. The highest BCUT2D eigenvalue weighted by Crippen LogP contribution is 2.23. The molecular weight excluding hydrogens is 416 g/mol. The zero-order valence-corrected chi connectivity index (χ0v) is 18.5. The van der Waals surface area contributed by atoms with Gasteiger partial charge in [0.15, 0.2) is 6.10 Å². The number of anilines is 1. The number of ether oxygens (including phenoxy) is 1. The fraction of sp³-hybridized carbons (Fsp3) is 0.261. The second-order valence-electron chi connectivity index (χ2n) is 6.83. The summed E-state index contributed by atoms with van der Waals surface area (Å²) < 4.78 is 7.27. The van der Waals surface area contributed by atoms with Crippen LogP contribution >= 0.6 is 11.6 Å². The normalized spacial score (nSPS) is 11.6. The van der Waals surface area contributed by atoms with Crippen molar-refractivity contribution in [2.75, 3.05) is 18.4 Å². The minimum absolute atomic E-state index is 0.200. The first-order valence-electron chi connectivity index (χ1n) is 10.1. The van der Waals surface area contributed by atoms with Gasteiger partial charge in [0.1, 0.15) is 17.1 Å². The van der Waals surface area contributed by atoms with Crippen molar-refractivity contribution in [2.24, 2.45) is 0 Å². The van der Waals surface area contributed by atoms with Crippen molar-refractivity contribution in [3.63, 3.8) is 0 Å². The third kappa shape index (κ3) is 5.24. The number of carbonyl (C=O) groups is 2. The summed E-state index contributed by atoms with van der Waals surface area (Å²) in [6.45, 7) is 6.55. The van der Waals surface area contributed by atoms with E-state index in [0.717, 1.165) is 5.69 Å². The van der Waals surface area contributed by atoms with Crippen LogP contribution in [-0.4, -0.2) is 45.7 Å². The molecule has 3 rings (SSSR count). The first-order valence-corrected chi connectivity index (χ1v) is 10.5. The Hall–Kier alpha value is -3.32. The minimum Gasteiger partial charge on any atom is -0.481 e. The van der Waals surface area contributed by atoms with Gasteiger partial charge < -0.3 is 15.0 Å². The molecule has 1 aromatic heterocycles. The second-order valence-corrected chi connectivity index (χ2v) is 7.27. The van der Waals surface area contributed by atoms with Crippen molar-refractivity contribution in [1.29, 1.82) is 0 Å². The lowest BCUT2D eigenvalue weighted by Crippen LogP contribution is -2.34. The van der Waals surface area contributed by atoms with Gasteiger partial charge in [-0.05, 0) is 57.2 Å². The molecule has 31 heavy (non-hydrogen) atoms. The standard InChI is InChI=1S/C23H25ClN4O3/c1-4-27(5-2)23(30)20-15-25-28(18-9-7-6-8-10-18)21(20)26-22(29)16(3)31-19-13-11-17(24)12-14-19/h6-16H,4-5H2,1-3H3,(H,26,29). The molecule has 3 aromatic rings. The number of hydrogen-bond donors (Lipinski definition) is 1. The fourth-order valence-electron chi connectivity index (χ4n) is 3.06. The van der Waals surface area contributed by atoms with Crippen molar-refractivity contribution in [1.82, 2.24) is 14.7 Å². The van der Waals surface area contributed by atoms with E-state index in [1.165, 1.54) is 6.20 Å². The van der Waals surface area contributed by atoms with E-state index in [9.17, 15) is 9.59 Å². The zero-order valence-electron chi connectivity index (χ0n) is 17.7. The molecule has 0 bridgehead atoms. The van der Waals surface area contributed by atoms with Gasteiger partial charge in [0, 0.05) is 18.1 Å². The van der Waals surface area contributed by atoms with Gasteiger partial charge in [0.2, 0.25) is 0 Å². The van der Waals surface area contributed by atoms with Crippen LogP contribution in [0.2, 0.25) is 5.02 Å². The highest BCUT2D eigenvalue weighted by atomic mass is 35.5. The molecule has 1 atom stereocenters. The predicted octanol–water partition coefficient (Wildman–Crippen LogP) is 4.41. The highest BCUT2D eigenvalue weighted by molar-refractivity contribution is 6.30. The Morgan fingerprint density at radius 3 is 2.35 bits per heavy atom. The smallest absolute Gasteiger partial charge is 0.266 e. The summed E-state index contributed by atoms with van der Waals surface area (Å²) in [6, 6.07) is 16.1. The Morgan fingerprint density at radius 2 is 1.74 bits per heavy atom. The molecule has 0 radical (unpaired) electrons. The number of para-hydroxylation sites is 1. The number of nitrogens with zero attached hydrogens (tertiary/aromatic N) is 3. The van der Waals surface area contributed by atoms with Crippen LogP contribution in [0.1, 0.15) is 31.1 Å². The summed E-state index contributed by atoms with van der Waals surface area (Å²) in [5.41, 5.74) is 1.04. The van der Waals surface area contributed by atoms with E-state index in [0.29, 0.717) is 35.2 Å². The van der Waals surface area contributed by atoms with Crippen LogP contribution in [0.5, 0.6) is 5.75 Å². The molecule has 0 saturated heterocycles. The highest BCUT2D eigenvalue weighted by Gasteiger charge is 2.25. The monoisotopic (exact) mass is 440 g/mol. The van der Waals surface area contributed by atoms with Crippen LogP contribution in [0.3, 0.4) is 0 Å². The molecule has 162 valence electrons. The van der Waals surface area contributed by atoms with E-state index in [2.05, 4.69) is 10.4 Å². The van der Waals surface area contributed by atoms with Gasteiger partial charge >= 0.3 is 0 Å². The fourth-order valence-corrected chi connectivity index (χ4v) is 3.19. The summed E-state index contributed by atoms with van der Waals surface area (Å²) in [5.74, 6) is 0.220. The molecule has 0 fully saturated rings. The van der Waals surface area contributed by atoms with Crippen LogP contribution < -0.4 is 10.1 Å². The maximum Gasteiger partial charge on any atom is 0.266 e. The molecular formula is C23H25ClN4O3. The van der Waals surface area contributed by atoms with E-state index >= 15 is 0 Å². The maximum atomic E-state index is 13.0. The summed E-state index contributed by atoms with van der Waals surface area (Å²) in [6.07, 6.45) is 0.672. The molecule has 0 aliphatic heterocycles. The Bertz CT molecular complexity index is 1030. The molecule has 0 saturated carbocycles. The largest absolute Gasteiger partial charge is 0.481 e. The molecule has 2 amide bonds. The van der Waals surface area contributed by atoms with Gasteiger partial charge in [-0.2, -0.15) is 5.10 Å². The lowest BCUT2D eigenvalue weighted by atomic mass is 10.2. The average molecular weight is 441 g/mol. The average Bonchev–Trinajstić information content (AvgIpc) is 3.20. The molecule has 0 aliphatic carbocycles. The van der Waals surface area contributed by atoms with Crippen molar-refractivity contribution < 1.29 is 14.3 Å². The molecule has 7 nitrogen and oxygen atoms in total. The Morgan fingerprint density at radius 1 is 1.10 bits per heavy atom. The molecule has 1 heterocycles. The van der Waals surface area contributed by atoms with E-state index in [4.69, 9.17) is 16.3 Å². The second kappa shape index (κ2) is 10.1. The molecule has 1 unspecified atom stereocenters. The Kier molecular flexibility index (Phi) is 7.31. The van der Waals surface area contributed by atoms with Crippen LogP contribution in [0.15, 0.2) is 60.8 Å². The van der Waals surface area contributed by atoms with E-state index in [1.54, 1.807) is 40.8 Å². The van der Waals surface area contributed by atoms with Crippen LogP contribution in [-0.2, 0) is 4.79 Å². The third-order valence-electron chi connectivity index (χ3n) is 4.79. The predicted molar refractivity (Wildman–Crippen MR) is 121 cm³/mol.